The van der Waals surface area contributed by atoms with Gasteiger partial charge in [0.25, 0.3) is 5.91 Å². The Bertz CT molecular complexity index is 795. The van der Waals surface area contributed by atoms with E-state index in [0.717, 1.165) is 24.2 Å². The van der Waals surface area contributed by atoms with Crippen molar-refractivity contribution in [1.82, 2.24) is 10.2 Å². The van der Waals surface area contributed by atoms with Crippen LogP contribution in [0.5, 0.6) is 0 Å². The first-order chi connectivity index (χ1) is 13.0. The highest BCUT2D eigenvalue weighted by molar-refractivity contribution is 6.01. The maximum atomic E-state index is 12.3. The van der Waals surface area contributed by atoms with Gasteiger partial charge in [-0.25, -0.2) is 0 Å². The molecule has 1 saturated heterocycles. The van der Waals surface area contributed by atoms with Crippen molar-refractivity contribution in [3.63, 3.8) is 0 Å². The average molecular weight is 366 g/mol. The van der Waals surface area contributed by atoms with Gasteiger partial charge in [-0.05, 0) is 56.1 Å². The van der Waals surface area contributed by atoms with E-state index in [4.69, 9.17) is 0 Å². The van der Waals surface area contributed by atoms with Gasteiger partial charge in [0, 0.05) is 24.2 Å². The second-order valence-corrected chi connectivity index (χ2v) is 7.05. The first kappa shape index (κ1) is 19.3. The number of nitrogens with one attached hydrogen (secondary N) is 1. The maximum absolute atomic E-state index is 12.3. The Morgan fingerprint density at radius 2 is 1.74 bits per heavy atom. The van der Waals surface area contributed by atoms with Crippen molar-refractivity contribution in [2.24, 2.45) is 0 Å². The molecule has 1 aliphatic heterocycles. The van der Waals surface area contributed by atoms with Gasteiger partial charge in [0.2, 0.25) is 0 Å². The van der Waals surface area contributed by atoms with Crippen LogP contribution in [-0.4, -0.2) is 54.0 Å². The lowest BCUT2D eigenvalue weighted by Crippen LogP contribution is -2.39. The van der Waals surface area contributed by atoms with Crippen LogP contribution in [0.2, 0.25) is 0 Å². The highest BCUT2D eigenvalue weighted by atomic mass is 16.3. The Labute approximate surface area is 160 Å². The van der Waals surface area contributed by atoms with E-state index in [9.17, 15) is 14.7 Å². The van der Waals surface area contributed by atoms with E-state index in [2.05, 4.69) is 10.2 Å². The fourth-order valence-corrected chi connectivity index (χ4v) is 3.48. The Balaban J connectivity index is 1.60. The number of likely N-dealkylation sites (tertiary alicyclic amines) is 1. The summed E-state index contributed by atoms with van der Waals surface area (Å²) in [5.74, 6) is -0.193. The zero-order valence-corrected chi connectivity index (χ0v) is 15.6. The minimum absolute atomic E-state index is 0.0133. The standard InChI is InChI=1S/C22H26N2O3/c1-16(25)20-6-2-3-7-21(20)17-8-10-18(11-9-17)22(27)23-14-19(26)15-24-12-4-5-13-24/h2-3,6-11,19,26H,4-5,12-15H2,1H3,(H,23,27). The molecule has 0 aromatic heterocycles. The van der Waals surface area contributed by atoms with Crippen molar-refractivity contribution in [2.45, 2.75) is 25.9 Å². The van der Waals surface area contributed by atoms with Gasteiger partial charge in [0.15, 0.2) is 5.78 Å². The van der Waals surface area contributed by atoms with E-state index >= 15 is 0 Å². The molecule has 1 atom stereocenters. The van der Waals surface area contributed by atoms with Crippen LogP contribution < -0.4 is 5.32 Å². The van der Waals surface area contributed by atoms with Crippen molar-refractivity contribution >= 4 is 11.7 Å². The number of hydrogen-bond donors (Lipinski definition) is 2. The number of aliphatic hydroxyl groups excluding tert-OH is 1. The second-order valence-electron chi connectivity index (χ2n) is 7.05. The molecule has 0 bridgehead atoms. The molecule has 1 heterocycles. The summed E-state index contributed by atoms with van der Waals surface area (Å²) in [6, 6.07) is 14.6. The van der Waals surface area contributed by atoms with E-state index in [1.54, 1.807) is 25.1 Å². The maximum Gasteiger partial charge on any atom is 0.251 e. The number of β-amino-alcohol motifs (C(OH)–C–C–N with tert-alkyl or cyclic N) is 1. The molecule has 2 aromatic carbocycles. The highest BCUT2D eigenvalue weighted by Gasteiger charge is 2.16. The lowest BCUT2D eigenvalue weighted by Gasteiger charge is -2.19. The summed E-state index contributed by atoms with van der Waals surface area (Å²) in [4.78, 5) is 26.3. The minimum atomic E-state index is -0.561. The van der Waals surface area contributed by atoms with Crippen LogP contribution >= 0.6 is 0 Å². The van der Waals surface area contributed by atoms with Crippen LogP contribution in [-0.2, 0) is 0 Å². The first-order valence-corrected chi connectivity index (χ1v) is 9.43. The third kappa shape index (κ3) is 5.02. The zero-order valence-electron chi connectivity index (χ0n) is 15.6. The number of amides is 1. The molecule has 2 N–H and O–H groups in total. The predicted molar refractivity (Wildman–Crippen MR) is 106 cm³/mol. The molecule has 5 nitrogen and oxygen atoms in total. The summed E-state index contributed by atoms with van der Waals surface area (Å²) in [5.41, 5.74) is 2.96. The van der Waals surface area contributed by atoms with E-state index in [1.807, 2.05) is 30.3 Å². The van der Waals surface area contributed by atoms with Crippen molar-refractivity contribution in [3.8, 4) is 11.1 Å². The summed E-state index contributed by atoms with van der Waals surface area (Å²) in [7, 11) is 0. The molecule has 3 rings (SSSR count). The summed E-state index contributed by atoms with van der Waals surface area (Å²) in [6.07, 6.45) is 1.80. The normalized spacial score (nSPS) is 15.5. The molecule has 2 aromatic rings. The fraction of sp³-hybridized carbons (Fsp3) is 0.364. The van der Waals surface area contributed by atoms with Gasteiger partial charge in [0.05, 0.1) is 6.10 Å². The Hall–Kier alpha value is -2.50. The summed E-state index contributed by atoms with van der Waals surface area (Å²) in [6.45, 7) is 4.43. The Kier molecular flexibility index (Phi) is 6.37. The van der Waals surface area contributed by atoms with E-state index in [-0.39, 0.29) is 18.2 Å². The van der Waals surface area contributed by atoms with E-state index in [1.165, 1.54) is 12.8 Å². The number of hydrogen-bond acceptors (Lipinski definition) is 4. The van der Waals surface area contributed by atoms with Crippen LogP contribution in [0, 0.1) is 0 Å². The van der Waals surface area contributed by atoms with Crippen molar-refractivity contribution in [3.05, 3.63) is 59.7 Å². The van der Waals surface area contributed by atoms with Gasteiger partial charge in [-0.15, -0.1) is 0 Å². The molecule has 1 aliphatic rings. The molecule has 0 spiro atoms. The third-order valence-electron chi connectivity index (χ3n) is 4.93. The Morgan fingerprint density at radius 1 is 1.07 bits per heavy atom. The highest BCUT2D eigenvalue weighted by Crippen LogP contribution is 2.24. The van der Waals surface area contributed by atoms with Crippen LogP contribution in [0.4, 0.5) is 0 Å². The molecule has 1 amide bonds. The predicted octanol–water partition coefficient (Wildman–Crippen LogP) is 2.74. The van der Waals surface area contributed by atoms with Crippen LogP contribution in [0.3, 0.4) is 0 Å². The monoisotopic (exact) mass is 366 g/mol. The number of benzene rings is 2. The summed E-state index contributed by atoms with van der Waals surface area (Å²) in [5, 5.41) is 12.9. The number of carbonyl (C=O) groups excluding carboxylic acids is 2. The average Bonchev–Trinajstić information content (AvgIpc) is 3.19. The van der Waals surface area contributed by atoms with Crippen molar-refractivity contribution < 1.29 is 14.7 Å². The molecule has 1 fully saturated rings. The van der Waals surface area contributed by atoms with Crippen molar-refractivity contribution in [2.75, 3.05) is 26.2 Å². The van der Waals surface area contributed by atoms with E-state index in [0.29, 0.717) is 17.7 Å². The smallest absolute Gasteiger partial charge is 0.251 e. The largest absolute Gasteiger partial charge is 0.390 e. The molecule has 0 saturated carbocycles. The summed E-state index contributed by atoms with van der Waals surface area (Å²) < 4.78 is 0. The van der Waals surface area contributed by atoms with Gasteiger partial charge in [0.1, 0.15) is 0 Å². The number of ketones is 1. The number of aliphatic hydroxyl groups is 1. The molecule has 5 heteroatoms. The number of Topliss-reactive ketones (excluding diaryl/α,β-unsaturated/α-hetero) is 1. The molecule has 27 heavy (non-hydrogen) atoms. The van der Waals surface area contributed by atoms with E-state index < -0.39 is 6.10 Å². The summed E-state index contributed by atoms with van der Waals surface area (Å²) >= 11 is 0. The molecule has 0 aliphatic carbocycles. The van der Waals surface area contributed by atoms with Gasteiger partial charge in [-0.1, -0.05) is 36.4 Å². The third-order valence-corrected chi connectivity index (χ3v) is 4.93. The molecule has 1 unspecified atom stereocenters. The number of nitrogens with zero attached hydrogens (tertiary/aromatic N) is 1. The fourth-order valence-electron chi connectivity index (χ4n) is 3.48. The van der Waals surface area contributed by atoms with Gasteiger partial charge >= 0.3 is 0 Å². The van der Waals surface area contributed by atoms with Crippen molar-refractivity contribution in [1.29, 1.82) is 0 Å². The molecular formula is C22H26N2O3. The first-order valence-electron chi connectivity index (χ1n) is 9.43. The quantitative estimate of drug-likeness (QED) is 0.740. The number of carbonyl (C=O) groups is 2. The zero-order chi connectivity index (χ0) is 19.2. The SMILES string of the molecule is CC(=O)c1ccccc1-c1ccc(C(=O)NCC(O)CN2CCCC2)cc1. The van der Waals surface area contributed by atoms with Gasteiger partial charge in [-0.3, -0.25) is 9.59 Å². The Morgan fingerprint density at radius 3 is 2.41 bits per heavy atom. The second kappa shape index (κ2) is 8.93. The number of rotatable bonds is 7. The van der Waals surface area contributed by atoms with Gasteiger partial charge in [-0.2, -0.15) is 0 Å². The molecule has 0 radical (unpaired) electrons. The lowest BCUT2D eigenvalue weighted by molar-refractivity contribution is 0.0879. The van der Waals surface area contributed by atoms with Crippen LogP contribution in [0.25, 0.3) is 11.1 Å². The molecule has 142 valence electrons. The van der Waals surface area contributed by atoms with Crippen LogP contribution in [0.15, 0.2) is 48.5 Å². The lowest BCUT2D eigenvalue weighted by atomic mass is 9.97. The molecular weight excluding hydrogens is 340 g/mol. The van der Waals surface area contributed by atoms with Gasteiger partial charge < -0.3 is 15.3 Å². The minimum Gasteiger partial charge on any atom is -0.390 e. The van der Waals surface area contributed by atoms with Crippen LogP contribution in [0.1, 0.15) is 40.5 Å². The topological polar surface area (TPSA) is 69.6 Å².